The maximum Gasteiger partial charge on any atom is 0.381 e. The third kappa shape index (κ3) is 5.59. The van der Waals surface area contributed by atoms with Gasteiger partial charge in [-0.15, -0.1) is 0 Å². The molecule has 10 heteroatoms. The van der Waals surface area contributed by atoms with Crippen LogP contribution in [0.3, 0.4) is 0 Å². The van der Waals surface area contributed by atoms with Gasteiger partial charge in [0.25, 0.3) is 11.7 Å². The van der Waals surface area contributed by atoms with Gasteiger partial charge in [0.15, 0.2) is 0 Å². The standard InChI is InChI=1S/C28H30N4O6/c1-3-38-28(36)26(34)24(29)22-15-17-32(27(35)25(22)30-18-7-13-21(37-2)14-8-18)20-11-9-19(10-12-20)31-16-5-4-6-23(31)33/h7-14,29-30H,3-6,15-17H2,1-2H3. The maximum atomic E-state index is 13.7. The maximum absolute atomic E-state index is 13.7. The van der Waals surface area contributed by atoms with Crippen molar-refractivity contribution in [1.82, 2.24) is 0 Å². The predicted octanol–water partition coefficient (Wildman–Crippen LogP) is 3.47. The quantitative estimate of drug-likeness (QED) is 0.295. The number of hydrogen-bond acceptors (Lipinski definition) is 8. The van der Waals surface area contributed by atoms with Crippen molar-refractivity contribution in [3.8, 4) is 5.75 Å². The predicted molar refractivity (Wildman–Crippen MR) is 143 cm³/mol. The smallest absolute Gasteiger partial charge is 0.381 e. The number of carbonyl (C=O) groups excluding carboxylic acids is 4. The van der Waals surface area contributed by atoms with Crippen LogP contribution < -0.4 is 19.9 Å². The van der Waals surface area contributed by atoms with Crippen molar-refractivity contribution in [3.63, 3.8) is 0 Å². The van der Waals surface area contributed by atoms with Gasteiger partial charge in [0.05, 0.1) is 13.7 Å². The minimum atomic E-state index is -1.13. The lowest BCUT2D eigenvalue weighted by molar-refractivity contribution is -0.150. The van der Waals surface area contributed by atoms with Crippen molar-refractivity contribution in [3.05, 3.63) is 59.8 Å². The van der Waals surface area contributed by atoms with Crippen LogP contribution in [0.5, 0.6) is 5.75 Å². The molecule has 2 aliphatic rings. The molecule has 198 valence electrons. The van der Waals surface area contributed by atoms with Gasteiger partial charge in [-0.1, -0.05) is 0 Å². The molecule has 10 nitrogen and oxygen atoms in total. The van der Waals surface area contributed by atoms with Crippen LogP contribution in [0.4, 0.5) is 17.1 Å². The molecule has 1 saturated heterocycles. The molecule has 2 aliphatic heterocycles. The lowest BCUT2D eigenvalue weighted by Gasteiger charge is -2.32. The van der Waals surface area contributed by atoms with Gasteiger partial charge >= 0.3 is 5.97 Å². The van der Waals surface area contributed by atoms with Gasteiger partial charge in [-0.3, -0.25) is 19.8 Å². The summed E-state index contributed by atoms with van der Waals surface area (Å²) in [6.07, 6.45) is 2.53. The first-order valence-corrected chi connectivity index (χ1v) is 12.5. The number of piperidine rings is 1. The molecule has 2 heterocycles. The molecule has 2 N–H and O–H groups in total. The fourth-order valence-electron chi connectivity index (χ4n) is 4.49. The molecule has 0 atom stereocenters. The highest BCUT2D eigenvalue weighted by Crippen LogP contribution is 2.30. The molecule has 0 aliphatic carbocycles. The number of Topliss-reactive ketones (excluding diaryl/α,β-unsaturated/α-hetero) is 1. The molecule has 2 amide bonds. The van der Waals surface area contributed by atoms with E-state index >= 15 is 0 Å². The molecule has 0 saturated carbocycles. The number of benzene rings is 2. The van der Waals surface area contributed by atoms with Crippen LogP contribution in [0.25, 0.3) is 0 Å². The van der Waals surface area contributed by atoms with E-state index in [0.717, 1.165) is 18.5 Å². The first-order chi connectivity index (χ1) is 18.3. The van der Waals surface area contributed by atoms with Crippen LogP contribution in [-0.4, -0.2) is 56.1 Å². The van der Waals surface area contributed by atoms with Crippen LogP contribution in [0.15, 0.2) is 59.8 Å². The zero-order chi connectivity index (χ0) is 27.2. The fourth-order valence-corrected chi connectivity index (χ4v) is 4.49. The molecule has 0 spiro atoms. The number of anilines is 3. The van der Waals surface area contributed by atoms with E-state index in [-0.39, 0.29) is 36.7 Å². The normalized spacial score (nSPS) is 15.8. The largest absolute Gasteiger partial charge is 0.497 e. The van der Waals surface area contributed by atoms with Crippen molar-refractivity contribution in [2.45, 2.75) is 32.6 Å². The van der Waals surface area contributed by atoms with E-state index in [2.05, 4.69) is 5.32 Å². The summed E-state index contributed by atoms with van der Waals surface area (Å²) in [6.45, 7) is 2.43. The Morgan fingerprint density at radius 3 is 2.18 bits per heavy atom. The summed E-state index contributed by atoms with van der Waals surface area (Å²) in [4.78, 5) is 53.9. The van der Waals surface area contributed by atoms with E-state index < -0.39 is 23.4 Å². The molecule has 4 rings (SSSR count). The summed E-state index contributed by atoms with van der Waals surface area (Å²) in [7, 11) is 1.54. The minimum Gasteiger partial charge on any atom is -0.497 e. The summed E-state index contributed by atoms with van der Waals surface area (Å²) in [5, 5.41) is 11.4. The number of ether oxygens (including phenoxy) is 2. The van der Waals surface area contributed by atoms with Crippen molar-refractivity contribution >= 4 is 46.3 Å². The van der Waals surface area contributed by atoms with Crippen LogP contribution >= 0.6 is 0 Å². The Morgan fingerprint density at radius 1 is 0.921 bits per heavy atom. The second-order valence-electron chi connectivity index (χ2n) is 8.86. The summed E-state index contributed by atoms with van der Waals surface area (Å²) in [5.41, 5.74) is 1.52. The van der Waals surface area contributed by atoms with E-state index in [9.17, 15) is 19.2 Å². The third-order valence-electron chi connectivity index (χ3n) is 6.49. The molecule has 0 bridgehead atoms. The Balaban J connectivity index is 1.64. The Hall–Kier alpha value is -4.47. The highest BCUT2D eigenvalue weighted by atomic mass is 16.5. The number of methoxy groups -OCH3 is 1. The number of nitrogens with one attached hydrogen (secondary N) is 2. The van der Waals surface area contributed by atoms with Crippen LogP contribution in [-0.2, 0) is 23.9 Å². The zero-order valence-corrected chi connectivity index (χ0v) is 21.4. The van der Waals surface area contributed by atoms with Gasteiger partial charge in [-0.05, 0) is 74.7 Å². The van der Waals surface area contributed by atoms with Gasteiger partial charge in [0.2, 0.25) is 5.91 Å². The van der Waals surface area contributed by atoms with Crippen molar-refractivity contribution in [1.29, 1.82) is 5.41 Å². The topological polar surface area (TPSA) is 129 Å². The van der Waals surface area contributed by atoms with Crippen molar-refractivity contribution in [2.24, 2.45) is 0 Å². The molecule has 2 aromatic rings. The molecule has 0 unspecified atom stereocenters. The summed E-state index contributed by atoms with van der Waals surface area (Å²) in [6, 6.07) is 14.0. The number of hydrogen-bond donors (Lipinski definition) is 2. The van der Waals surface area contributed by atoms with Crippen LogP contribution in [0, 0.1) is 5.41 Å². The van der Waals surface area contributed by atoms with E-state index in [0.29, 0.717) is 30.1 Å². The Kier molecular flexibility index (Phi) is 8.20. The Labute approximate surface area is 220 Å². The number of esters is 1. The van der Waals surface area contributed by atoms with Crippen LogP contribution in [0.2, 0.25) is 0 Å². The average Bonchev–Trinajstić information content (AvgIpc) is 2.94. The lowest BCUT2D eigenvalue weighted by Crippen LogP contribution is -2.42. The Bertz CT molecular complexity index is 1280. The fraction of sp³-hybridized carbons (Fsp3) is 0.321. The molecule has 2 aromatic carbocycles. The van der Waals surface area contributed by atoms with Gasteiger partial charge in [-0.25, -0.2) is 4.79 Å². The highest BCUT2D eigenvalue weighted by Gasteiger charge is 2.34. The first-order valence-electron chi connectivity index (χ1n) is 12.5. The number of rotatable bonds is 9. The number of nitrogens with zero attached hydrogens (tertiary/aromatic N) is 2. The number of amides is 2. The van der Waals surface area contributed by atoms with Gasteiger partial charge in [0, 0.05) is 42.1 Å². The third-order valence-corrected chi connectivity index (χ3v) is 6.49. The minimum absolute atomic E-state index is 0.000411. The van der Waals surface area contributed by atoms with Gasteiger partial charge in [-0.2, -0.15) is 0 Å². The SMILES string of the molecule is CCOC(=O)C(=O)C(=N)C1=C(Nc2ccc(OC)cc2)C(=O)N(c2ccc(N3CCCCC3=O)cc2)CC1. The summed E-state index contributed by atoms with van der Waals surface area (Å²) >= 11 is 0. The van der Waals surface area contributed by atoms with E-state index in [4.69, 9.17) is 14.9 Å². The number of carbonyl (C=O) groups is 4. The molecule has 1 fully saturated rings. The van der Waals surface area contributed by atoms with Crippen LogP contribution in [0.1, 0.15) is 32.6 Å². The van der Waals surface area contributed by atoms with Gasteiger partial charge in [0.1, 0.15) is 17.2 Å². The molecular weight excluding hydrogens is 488 g/mol. The average molecular weight is 519 g/mol. The summed E-state index contributed by atoms with van der Waals surface area (Å²) in [5.74, 6) is -1.98. The Morgan fingerprint density at radius 2 is 1.58 bits per heavy atom. The van der Waals surface area contributed by atoms with E-state index in [1.54, 1.807) is 60.2 Å². The highest BCUT2D eigenvalue weighted by molar-refractivity contribution is 6.66. The van der Waals surface area contributed by atoms with Gasteiger partial charge < -0.3 is 24.6 Å². The van der Waals surface area contributed by atoms with Crippen molar-refractivity contribution < 1.29 is 28.7 Å². The molecular formula is C28H30N4O6. The van der Waals surface area contributed by atoms with E-state index in [1.165, 1.54) is 0 Å². The van der Waals surface area contributed by atoms with Crippen molar-refractivity contribution in [2.75, 3.05) is 41.9 Å². The zero-order valence-electron chi connectivity index (χ0n) is 21.4. The van der Waals surface area contributed by atoms with E-state index in [1.807, 2.05) is 12.1 Å². The molecule has 0 aromatic heterocycles. The molecule has 0 radical (unpaired) electrons. The second kappa shape index (κ2) is 11.7. The monoisotopic (exact) mass is 518 g/mol. The lowest BCUT2D eigenvalue weighted by atomic mass is 9.96. The second-order valence-corrected chi connectivity index (χ2v) is 8.86. The number of ketones is 1. The molecule has 38 heavy (non-hydrogen) atoms. The summed E-state index contributed by atoms with van der Waals surface area (Å²) < 4.78 is 9.96. The first kappa shape index (κ1) is 26.6.